The van der Waals surface area contributed by atoms with Gasteiger partial charge in [-0.15, -0.1) is 0 Å². The molecule has 0 saturated carbocycles. The van der Waals surface area contributed by atoms with E-state index in [1.807, 2.05) is 25.1 Å². The fraction of sp³-hybridized carbons (Fsp3) is 0.200. The van der Waals surface area contributed by atoms with Crippen molar-refractivity contribution in [2.45, 2.75) is 13.0 Å². The summed E-state index contributed by atoms with van der Waals surface area (Å²) in [5.74, 6) is 0.648. The highest BCUT2D eigenvalue weighted by Gasteiger charge is 2.19. The minimum Gasteiger partial charge on any atom is -0.394 e. The zero-order valence-electron chi connectivity index (χ0n) is 11.8. The summed E-state index contributed by atoms with van der Waals surface area (Å²) in [6, 6.07) is 8.98. The number of rotatable bonds is 4. The molecule has 1 aromatic carbocycles. The Kier molecular flexibility index (Phi) is 4.20. The second kappa shape index (κ2) is 6.12. The van der Waals surface area contributed by atoms with Crippen molar-refractivity contribution in [3.05, 3.63) is 46.7 Å². The minimum atomic E-state index is -0.174. The van der Waals surface area contributed by atoms with Crippen molar-refractivity contribution in [1.82, 2.24) is 14.6 Å². The van der Waals surface area contributed by atoms with Crippen LogP contribution in [0.15, 0.2) is 36.5 Å². The highest BCUT2D eigenvalue weighted by atomic mass is 35.5. The van der Waals surface area contributed by atoms with Crippen LogP contribution in [0.1, 0.15) is 6.92 Å². The fourth-order valence-electron chi connectivity index (χ4n) is 2.23. The molecule has 0 aliphatic rings. The summed E-state index contributed by atoms with van der Waals surface area (Å²) >= 11 is 12.7. The first-order valence-electron chi connectivity index (χ1n) is 6.77. The molecule has 5 nitrogen and oxygen atoms in total. The van der Waals surface area contributed by atoms with Crippen LogP contribution in [0.25, 0.3) is 16.8 Å². The Morgan fingerprint density at radius 2 is 2.05 bits per heavy atom. The highest BCUT2D eigenvalue weighted by molar-refractivity contribution is 6.36. The highest BCUT2D eigenvalue weighted by Crippen LogP contribution is 2.38. The number of fused-ring (bicyclic) bond motifs is 1. The van der Waals surface area contributed by atoms with Crippen molar-refractivity contribution >= 4 is 34.7 Å². The molecular formula is C15H14Cl2N4O. The van der Waals surface area contributed by atoms with Gasteiger partial charge < -0.3 is 10.4 Å². The van der Waals surface area contributed by atoms with Crippen molar-refractivity contribution in [3.8, 4) is 11.1 Å². The van der Waals surface area contributed by atoms with Gasteiger partial charge in [-0.1, -0.05) is 41.4 Å². The van der Waals surface area contributed by atoms with Crippen LogP contribution in [-0.2, 0) is 0 Å². The number of aliphatic hydroxyl groups is 1. The van der Waals surface area contributed by atoms with Gasteiger partial charge in [0.05, 0.1) is 18.4 Å². The molecule has 0 bridgehead atoms. The molecule has 0 saturated heterocycles. The number of nitrogens with zero attached hydrogens (tertiary/aromatic N) is 3. The summed E-state index contributed by atoms with van der Waals surface area (Å²) in [6.07, 6.45) is 1.64. The van der Waals surface area contributed by atoms with Crippen molar-refractivity contribution in [1.29, 1.82) is 0 Å². The van der Waals surface area contributed by atoms with Crippen LogP contribution in [0.2, 0.25) is 10.2 Å². The van der Waals surface area contributed by atoms with E-state index in [1.165, 1.54) is 0 Å². The standard InChI is InChI=1S/C15H14Cl2N4O/c1-9(8-22)19-15-13(10-4-2-3-5-11(10)16)14(17)20-12-6-7-18-21(12)15/h2-7,9,19,22H,8H2,1H3. The summed E-state index contributed by atoms with van der Waals surface area (Å²) in [4.78, 5) is 4.35. The lowest BCUT2D eigenvalue weighted by atomic mass is 10.1. The molecule has 0 spiro atoms. The van der Waals surface area contributed by atoms with Gasteiger partial charge in [-0.3, -0.25) is 0 Å². The summed E-state index contributed by atoms with van der Waals surface area (Å²) in [5.41, 5.74) is 2.03. The normalized spacial score (nSPS) is 12.5. The lowest BCUT2D eigenvalue weighted by Crippen LogP contribution is -2.22. The Bertz CT molecular complexity index is 818. The predicted molar refractivity (Wildman–Crippen MR) is 88.6 cm³/mol. The number of halogens is 2. The topological polar surface area (TPSA) is 62.5 Å². The molecule has 2 aromatic heterocycles. The Labute approximate surface area is 137 Å². The molecule has 22 heavy (non-hydrogen) atoms. The monoisotopic (exact) mass is 336 g/mol. The van der Waals surface area contributed by atoms with Gasteiger partial charge in [-0.05, 0) is 13.0 Å². The third-order valence-corrected chi connectivity index (χ3v) is 3.89. The molecule has 114 valence electrons. The molecule has 0 aliphatic heterocycles. The summed E-state index contributed by atoms with van der Waals surface area (Å²) in [5, 5.41) is 17.7. The van der Waals surface area contributed by atoms with E-state index in [-0.39, 0.29) is 12.6 Å². The van der Waals surface area contributed by atoms with E-state index >= 15 is 0 Å². The maximum absolute atomic E-state index is 9.34. The Morgan fingerprint density at radius 3 is 2.77 bits per heavy atom. The van der Waals surface area contributed by atoms with E-state index in [2.05, 4.69) is 15.4 Å². The van der Waals surface area contributed by atoms with E-state index in [0.29, 0.717) is 27.2 Å². The molecule has 3 rings (SSSR count). The number of hydrogen-bond acceptors (Lipinski definition) is 4. The van der Waals surface area contributed by atoms with Crippen LogP contribution >= 0.6 is 23.2 Å². The SMILES string of the molecule is CC(CO)Nc1c(-c2ccccc2Cl)c(Cl)nc2ccnn12. The van der Waals surface area contributed by atoms with Crippen molar-refractivity contribution in [3.63, 3.8) is 0 Å². The lowest BCUT2D eigenvalue weighted by molar-refractivity contribution is 0.281. The summed E-state index contributed by atoms with van der Waals surface area (Å²) in [6.45, 7) is 1.84. The number of nitrogens with one attached hydrogen (secondary N) is 1. The number of aromatic nitrogens is 3. The number of benzene rings is 1. The van der Waals surface area contributed by atoms with Gasteiger partial charge in [0.25, 0.3) is 0 Å². The molecule has 0 fully saturated rings. The van der Waals surface area contributed by atoms with E-state index in [1.54, 1.807) is 22.8 Å². The first-order valence-corrected chi connectivity index (χ1v) is 7.53. The molecule has 2 heterocycles. The average molecular weight is 337 g/mol. The zero-order chi connectivity index (χ0) is 15.7. The number of hydrogen-bond donors (Lipinski definition) is 2. The predicted octanol–water partition coefficient (Wildman–Crippen LogP) is 3.50. The Morgan fingerprint density at radius 1 is 1.27 bits per heavy atom. The molecular weight excluding hydrogens is 323 g/mol. The van der Waals surface area contributed by atoms with Gasteiger partial charge in [0.15, 0.2) is 5.65 Å². The number of aliphatic hydroxyl groups excluding tert-OH is 1. The second-order valence-corrected chi connectivity index (χ2v) is 5.70. The first-order chi connectivity index (χ1) is 10.6. The van der Waals surface area contributed by atoms with Gasteiger partial charge >= 0.3 is 0 Å². The quantitative estimate of drug-likeness (QED) is 0.716. The van der Waals surface area contributed by atoms with E-state index in [4.69, 9.17) is 23.2 Å². The molecule has 1 unspecified atom stereocenters. The van der Waals surface area contributed by atoms with Gasteiger partial charge in [-0.25, -0.2) is 4.98 Å². The summed E-state index contributed by atoms with van der Waals surface area (Å²) in [7, 11) is 0. The summed E-state index contributed by atoms with van der Waals surface area (Å²) < 4.78 is 1.65. The fourth-order valence-corrected chi connectivity index (χ4v) is 2.74. The number of anilines is 1. The van der Waals surface area contributed by atoms with Crippen LogP contribution in [0, 0.1) is 0 Å². The van der Waals surface area contributed by atoms with Gasteiger partial charge in [0.2, 0.25) is 0 Å². The van der Waals surface area contributed by atoms with Crippen LogP contribution in [-0.4, -0.2) is 32.4 Å². The van der Waals surface area contributed by atoms with Crippen molar-refractivity contribution in [2.75, 3.05) is 11.9 Å². The molecule has 0 aliphatic carbocycles. The largest absolute Gasteiger partial charge is 0.394 e. The lowest BCUT2D eigenvalue weighted by Gasteiger charge is -2.19. The van der Waals surface area contributed by atoms with Crippen LogP contribution in [0.5, 0.6) is 0 Å². The maximum Gasteiger partial charge on any atom is 0.159 e. The van der Waals surface area contributed by atoms with Gasteiger partial charge in [-0.2, -0.15) is 9.61 Å². The molecule has 0 amide bonds. The average Bonchev–Trinajstić information content (AvgIpc) is 2.96. The molecule has 7 heteroatoms. The van der Waals surface area contributed by atoms with Crippen LogP contribution in [0.4, 0.5) is 5.82 Å². The van der Waals surface area contributed by atoms with E-state index in [0.717, 1.165) is 5.56 Å². The van der Waals surface area contributed by atoms with Crippen molar-refractivity contribution in [2.24, 2.45) is 0 Å². The molecule has 3 aromatic rings. The maximum atomic E-state index is 9.34. The zero-order valence-corrected chi connectivity index (χ0v) is 13.3. The smallest absolute Gasteiger partial charge is 0.159 e. The Hall–Kier alpha value is -1.82. The third kappa shape index (κ3) is 2.63. The van der Waals surface area contributed by atoms with Gasteiger partial charge in [0, 0.05) is 22.7 Å². The van der Waals surface area contributed by atoms with Crippen molar-refractivity contribution < 1.29 is 5.11 Å². The molecule has 2 N–H and O–H groups in total. The molecule has 1 atom stereocenters. The minimum absolute atomic E-state index is 0.0231. The van der Waals surface area contributed by atoms with Crippen LogP contribution in [0.3, 0.4) is 0 Å². The van der Waals surface area contributed by atoms with Gasteiger partial charge in [0.1, 0.15) is 11.0 Å². The molecule has 0 radical (unpaired) electrons. The van der Waals surface area contributed by atoms with E-state index < -0.39 is 0 Å². The first kappa shape index (κ1) is 15.1. The van der Waals surface area contributed by atoms with E-state index in [9.17, 15) is 5.11 Å². The second-order valence-electron chi connectivity index (χ2n) is 4.94. The van der Waals surface area contributed by atoms with Crippen LogP contribution < -0.4 is 5.32 Å². The Balaban J connectivity index is 2.30. The third-order valence-electron chi connectivity index (χ3n) is 3.29.